The average molecular weight is 407 g/mol. The molecular weight excluding hydrogens is 376 g/mol. The largest absolute Gasteiger partial charge is 0.368 e. The number of carbonyl (C=O) groups excluding carboxylic acids is 2. The second-order valence-corrected chi connectivity index (χ2v) is 8.30. The fourth-order valence-corrected chi connectivity index (χ4v) is 4.32. The normalized spacial score (nSPS) is 19.3. The monoisotopic (exact) mass is 406 g/mol. The highest BCUT2D eigenvalue weighted by Gasteiger charge is 2.32. The molecule has 3 amide bonds. The van der Waals surface area contributed by atoms with Crippen molar-refractivity contribution < 1.29 is 9.59 Å². The van der Waals surface area contributed by atoms with Gasteiger partial charge in [0.05, 0.1) is 6.04 Å². The van der Waals surface area contributed by atoms with Crippen LogP contribution in [-0.2, 0) is 11.3 Å². The third-order valence-electron chi connectivity index (χ3n) is 6.24. The highest BCUT2D eigenvalue weighted by atomic mass is 16.2. The van der Waals surface area contributed by atoms with Crippen LogP contribution in [0.3, 0.4) is 0 Å². The standard InChI is InChI=1S/C24H30N4O2/c1-18-7-6-10-22(19(18)2)26-11-13-27(14-12-26)24(30)25-21-15-23(29)28(17-21)16-20-8-4-3-5-9-20/h3-10,21H,11-17H2,1-2H3,(H,25,30). The number of piperazine rings is 1. The van der Waals surface area contributed by atoms with E-state index >= 15 is 0 Å². The van der Waals surface area contributed by atoms with E-state index in [1.165, 1.54) is 16.8 Å². The maximum absolute atomic E-state index is 12.8. The van der Waals surface area contributed by atoms with Crippen molar-refractivity contribution >= 4 is 17.6 Å². The van der Waals surface area contributed by atoms with Gasteiger partial charge in [-0.15, -0.1) is 0 Å². The molecule has 2 aromatic carbocycles. The Balaban J connectivity index is 1.28. The number of anilines is 1. The fourth-order valence-electron chi connectivity index (χ4n) is 4.32. The molecule has 6 nitrogen and oxygen atoms in total. The quantitative estimate of drug-likeness (QED) is 0.849. The van der Waals surface area contributed by atoms with Gasteiger partial charge in [0, 0.05) is 51.4 Å². The van der Waals surface area contributed by atoms with Gasteiger partial charge < -0.3 is 20.0 Å². The van der Waals surface area contributed by atoms with Crippen molar-refractivity contribution in [3.05, 3.63) is 65.2 Å². The highest BCUT2D eigenvalue weighted by molar-refractivity contribution is 5.81. The van der Waals surface area contributed by atoms with Crippen molar-refractivity contribution in [2.45, 2.75) is 32.9 Å². The van der Waals surface area contributed by atoms with Crippen LogP contribution in [0.5, 0.6) is 0 Å². The van der Waals surface area contributed by atoms with Crippen LogP contribution in [0.15, 0.2) is 48.5 Å². The highest BCUT2D eigenvalue weighted by Crippen LogP contribution is 2.24. The van der Waals surface area contributed by atoms with E-state index in [9.17, 15) is 9.59 Å². The van der Waals surface area contributed by atoms with Gasteiger partial charge in [-0.2, -0.15) is 0 Å². The number of hydrogen-bond donors (Lipinski definition) is 1. The first kappa shape index (κ1) is 20.3. The van der Waals surface area contributed by atoms with Gasteiger partial charge in [0.2, 0.25) is 5.91 Å². The van der Waals surface area contributed by atoms with E-state index in [0.717, 1.165) is 18.7 Å². The maximum atomic E-state index is 12.8. The summed E-state index contributed by atoms with van der Waals surface area (Å²) in [7, 11) is 0. The Morgan fingerprint density at radius 2 is 1.73 bits per heavy atom. The Morgan fingerprint density at radius 3 is 2.47 bits per heavy atom. The Kier molecular flexibility index (Phi) is 5.93. The molecule has 0 bridgehead atoms. The molecule has 1 unspecified atom stereocenters. The van der Waals surface area contributed by atoms with Crippen molar-refractivity contribution in [3.8, 4) is 0 Å². The summed E-state index contributed by atoms with van der Waals surface area (Å²) >= 11 is 0. The van der Waals surface area contributed by atoms with E-state index in [1.54, 1.807) is 0 Å². The molecule has 6 heteroatoms. The van der Waals surface area contributed by atoms with Crippen LogP contribution in [0.4, 0.5) is 10.5 Å². The van der Waals surface area contributed by atoms with Crippen molar-refractivity contribution in [2.24, 2.45) is 0 Å². The predicted molar refractivity (Wildman–Crippen MR) is 118 cm³/mol. The number of amides is 3. The lowest BCUT2D eigenvalue weighted by Crippen LogP contribution is -2.54. The van der Waals surface area contributed by atoms with Gasteiger partial charge >= 0.3 is 6.03 Å². The van der Waals surface area contributed by atoms with E-state index in [0.29, 0.717) is 32.6 Å². The Morgan fingerprint density at radius 1 is 1.00 bits per heavy atom. The number of nitrogens with zero attached hydrogens (tertiary/aromatic N) is 3. The lowest BCUT2D eigenvalue weighted by molar-refractivity contribution is -0.128. The lowest BCUT2D eigenvalue weighted by Gasteiger charge is -2.37. The van der Waals surface area contributed by atoms with Crippen molar-refractivity contribution in [2.75, 3.05) is 37.6 Å². The molecule has 0 saturated carbocycles. The first-order valence-corrected chi connectivity index (χ1v) is 10.7. The van der Waals surface area contributed by atoms with E-state index in [-0.39, 0.29) is 18.0 Å². The van der Waals surface area contributed by atoms with Gasteiger partial charge in [0.1, 0.15) is 0 Å². The minimum Gasteiger partial charge on any atom is -0.368 e. The van der Waals surface area contributed by atoms with Crippen molar-refractivity contribution in [1.82, 2.24) is 15.1 Å². The number of benzene rings is 2. The zero-order chi connectivity index (χ0) is 21.1. The molecule has 30 heavy (non-hydrogen) atoms. The van der Waals surface area contributed by atoms with Crippen LogP contribution in [0.1, 0.15) is 23.1 Å². The van der Waals surface area contributed by atoms with Gasteiger partial charge in [-0.1, -0.05) is 42.5 Å². The van der Waals surface area contributed by atoms with E-state index in [1.807, 2.05) is 40.1 Å². The minimum absolute atomic E-state index is 0.0602. The molecule has 2 aromatic rings. The van der Waals surface area contributed by atoms with Gasteiger partial charge in [-0.25, -0.2) is 4.79 Å². The molecule has 1 atom stereocenters. The Labute approximate surface area is 178 Å². The molecule has 0 aliphatic carbocycles. The summed E-state index contributed by atoms with van der Waals surface area (Å²) < 4.78 is 0. The van der Waals surface area contributed by atoms with Crippen LogP contribution in [0, 0.1) is 13.8 Å². The predicted octanol–water partition coefficient (Wildman–Crippen LogP) is 2.94. The number of rotatable bonds is 4. The molecule has 2 aliphatic heterocycles. The molecule has 158 valence electrons. The topological polar surface area (TPSA) is 55.9 Å². The molecule has 0 radical (unpaired) electrons. The van der Waals surface area contributed by atoms with Gasteiger partial charge in [0.15, 0.2) is 0 Å². The number of urea groups is 1. The second-order valence-electron chi connectivity index (χ2n) is 8.30. The molecule has 2 aliphatic rings. The number of aryl methyl sites for hydroxylation is 1. The molecule has 2 heterocycles. The first-order valence-electron chi connectivity index (χ1n) is 10.7. The van der Waals surface area contributed by atoms with Crippen LogP contribution >= 0.6 is 0 Å². The summed E-state index contributed by atoms with van der Waals surface area (Å²) in [6, 6.07) is 16.2. The summed E-state index contributed by atoms with van der Waals surface area (Å²) in [5, 5.41) is 3.08. The minimum atomic E-state index is -0.120. The Bertz CT molecular complexity index is 907. The number of carbonyl (C=O) groups is 2. The summed E-state index contributed by atoms with van der Waals surface area (Å²) in [6.45, 7) is 8.47. The van der Waals surface area contributed by atoms with Crippen LogP contribution in [0.25, 0.3) is 0 Å². The SMILES string of the molecule is Cc1cccc(N2CCN(C(=O)NC3CC(=O)N(Cc4ccccc4)C3)CC2)c1C. The zero-order valence-electron chi connectivity index (χ0n) is 17.8. The number of hydrogen-bond acceptors (Lipinski definition) is 3. The van der Waals surface area contributed by atoms with Crippen LogP contribution in [-0.4, -0.2) is 60.5 Å². The third kappa shape index (κ3) is 4.42. The first-order chi connectivity index (χ1) is 14.5. The van der Waals surface area contributed by atoms with Gasteiger partial charge in [-0.3, -0.25) is 4.79 Å². The molecular formula is C24H30N4O2. The summed E-state index contributed by atoms with van der Waals surface area (Å²) in [5.41, 5.74) is 4.96. The zero-order valence-corrected chi connectivity index (χ0v) is 17.8. The van der Waals surface area contributed by atoms with E-state index in [2.05, 4.69) is 42.3 Å². The van der Waals surface area contributed by atoms with E-state index in [4.69, 9.17) is 0 Å². The molecule has 0 spiro atoms. The second kappa shape index (κ2) is 8.78. The number of likely N-dealkylation sites (tertiary alicyclic amines) is 1. The molecule has 2 saturated heterocycles. The van der Waals surface area contributed by atoms with Crippen LogP contribution < -0.4 is 10.2 Å². The lowest BCUT2D eigenvalue weighted by atomic mass is 10.1. The van der Waals surface area contributed by atoms with Gasteiger partial charge in [0.25, 0.3) is 0 Å². The average Bonchev–Trinajstić information content (AvgIpc) is 3.09. The molecule has 1 N–H and O–H groups in total. The molecule has 0 aromatic heterocycles. The summed E-state index contributed by atoms with van der Waals surface area (Å²) in [6.07, 6.45) is 0.376. The number of nitrogens with one attached hydrogen (secondary N) is 1. The van der Waals surface area contributed by atoms with Crippen molar-refractivity contribution in [1.29, 1.82) is 0 Å². The summed E-state index contributed by atoms with van der Waals surface area (Å²) in [4.78, 5) is 31.2. The third-order valence-corrected chi connectivity index (χ3v) is 6.24. The molecule has 4 rings (SSSR count). The van der Waals surface area contributed by atoms with E-state index < -0.39 is 0 Å². The fraction of sp³-hybridized carbons (Fsp3) is 0.417. The van der Waals surface area contributed by atoms with Crippen molar-refractivity contribution in [3.63, 3.8) is 0 Å². The summed E-state index contributed by atoms with van der Waals surface area (Å²) in [5.74, 6) is 0.101. The Hall–Kier alpha value is -3.02. The van der Waals surface area contributed by atoms with Gasteiger partial charge in [-0.05, 0) is 36.6 Å². The molecule has 2 fully saturated rings. The smallest absolute Gasteiger partial charge is 0.317 e. The maximum Gasteiger partial charge on any atom is 0.317 e. The van der Waals surface area contributed by atoms with Crippen LogP contribution in [0.2, 0.25) is 0 Å².